The van der Waals surface area contributed by atoms with E-state index in [1.54, 1.807) is 0 Å². The van der Waals surface area contributed by atoms with E-state index >= 15 is 0 Å². The molecule has 1 heterocycles. The lowest BCUT2D eigenvalue weighted by molar-refractivity contribution is -0.0999. The molecule has 0 amide bonds. The van der Waals surface area contributed by atoms with Crippen molar-refractivity contribution in [3.05, 3.63) is 0 Å². The molecule has 0 N–H and O–H groups in total. The van der Waals surface area contributed by atoms with Crippen LogP contribution in [0.15, 0.2) is 0 Å². The Morgan fingerprint density at radius 3 is 2.53 bits per heavy atom. The van der Waals surface area contributed by atoms with Crippen LogP contribution in [-0.2, 0) is 9.47 Å². The number of hydrogen-bond donors (Lipinski definition) is 0. The van der Waals surface area contributed by atoms with Gasteiger partial charge in [-0.25, -0.2) is 0 Å². The van der Waals surface area contributed by atoms with Crippen molar-refractivity contribution < 1.29 is 9.47 Å². The van der Waals surface area contributed by atoms with Gasteiger partial charge < -0.3 is 9.47 Å². The molecule has 2 radical (unpaired) electrons. The molecule has 0 aromatic heterocycles. The summed E-state index contributed by atoms with van der Waals surface area (Å²) in [6.45, 7) is 10.8. The smallest absolute Gasteiger partial charge is 0.110 e. The summed E-state index contributed by atoms with van der Waals surface area (Å²) in [6.07, 6.45) is 0.359. The second-order valence-electron chi connectivity index (χ2n) is 4.73. The van der Waals surface area contributed by atoms with Gasteiger partial charge in [-0.3, -0.25) is 4.90 Å². The minimum atomic E-state index is -0.179. The SMILES string of the molecule is [B]C1CN(C(C)C)CC(COC(C)C)O1. The van der Waals surface area contributed by atoms with Crippen LogP contribution in [0.25, 0.3) is 0 Å². The van der Waals surface area contributed by atoms with Gasteiger partial charge in [0.15, 0.2) is 0 Å². The van der Waals surface area contributed by atoms with Crippen molar-refractivity contribution in [3.8, 4) is 0 Å². The minimum absolute atomic E-state index is 0.110. The van der Waals surface area contributed by atoms with Crippen LogP contribution in [0.3, 0.4) is 0 Å². The lowest BCUT2D eigenvalue weighted by Gasteiger charge is -2.39. The predicted molar refractivity (Wildman–Crippen MR) is 62.2 cm³/mol. The fraction of sp³-hybridized carbons (Fsp3) is 1.00. The first-order valence-electron chi connectivity index (χ1n) is 5.75. The third kappa shape index (κ3) is 4.54. The molecule has 3 nitrogen and oxygen atoms in total. The Hall–Kier alpha value is -0.0551. The summed E-state index contributed by atoms with van der Waals surface area (Å²) in [7, 11) is 5.84. The van der Waals surface area contributed by atoms with E-state index in [0.29, 0.717) is 12.6 Å². The van der Waals surface area contributed by atoms with Gasteiger partial charge in [0.2, 0.25) is 0 Å². The van der Waals surface area contributed by atoms with E-state index in [1.165, 1.54) is 0 Å². The summed E-state index contributed by atoms with van der Waals surface area (Å²) >= 11 is 0. The Kier molecular flexibility index (Phi) is 5.10. The molecule has 1 aliphatic rings. The molecule has 15 heavy (non-hydrogen) atoms. The highest BCUT2D eigenvalue weighted by atomic mass is 16.5. The third-order valence-corrected chi connectivity index (χ3v) is 2.57. The van der Waals surface area contributed by atoms with E-state index in [-0.39, 0.29) is 18.2 Å². The van der Waals surface area contributed by atoms with Gasteiger partial charge in [-0.1, -0.05) is 0 Å². The number of ether oxygens (including phenoxy) is 2. The normalized spacial score (nSPS) is 28.9. The Labute approximate surface area is 94.5 Å². The molecule has 1 saturated heterocycles. The molecular formula is C11H22BNO2. The Bertz CT molecular complexity index is 187. The number of nitrogens with zero attached hydrogens (tertiary/aromatic N) is 1. The highest BCUT2D eigenvalue weighted by Crippen LogP contribution is 2.13. The molecule has 0 bridgehead atoms. The molecule has 1 aliphatic heterocycles. The zero-order valence-electron chi connectivity index (χ0n) is 10.3. The first-order valence-corrected chi connectivity index (χ1v) is 5.75. The first kappa shape index (κ1) is 13.0. The first-order chi connectivity index (χ1) is 6.99. The van der Waals surface area contributed by atoms with E-state index in [9.17, 15) is 0 Å². The van der Waals surface area contributed by atoms with Crippen LogP contribution in [0.1, 0.15) is 27.7 Å². The summed E-state index contributed by atoms with van der Waals surface area (Å²) in [5.74, 6) is 0. The molecule has 4 heteroatoms. The zero-order valence-corrected chi connectivity index (χ0v) is 10.3. The van der Waals surface area contributed by atoms with Crippen LogP contribution >= 0.6 is 0 Å². The second kappa shape index (κ2) is 5.87. The maximum Gasteiger partial charge on any atom is 0.110 e. The van der Waals surface area contributed by atoms with Crippen molar-refractivity contribution >= 4 is 7.85 Å². The highest BCUT2D eigenvalue weighted by Gasteiger charge is 2.26. The van der Waals surface area contributed by atoms with E-state index in [4.69, 9.17) is 17.3 Å². The maximum atomic E-state index is 5.84. The molecule has 0 aliphatic carbocycles. The summed E-state index contributed by atoms with van der Waals surface area (Å²) in [4.78, 5) is 2.34. The number of morpholine rings is 1. The number of hydrogen-bond acceptors (Lipinski definition) is 3. The van der Waals surface area contributed by atoms with E-state index < -0.39 is 0 Å². The minimum Gasteiger partial charge on any atom is -0.380 e. The van der Waals surface area contributed by atoms with Crippen LogP contribution < -0.4 is 0 Å². The monoisotopic (exact) mass is 211 g/mol. The summed E-state index contributed by atoms with van der Waals surface area (Å²) in [5, 5.41) is 0. The van der Waals surface area contributed by atoms with E-state index in [2.05, 4.69) is 18.7 Å². The van der Waals surface area contributed by atoms with Crippen LogP contribution in [0, 0.1) is 0 Å². The molecule has 0 aromatic rings. The molecule has 86 valence electrons. The maximum absolute atomic E-state index is 5.84. The van der Waals surface area contributed by atoms with Crippen molar-refractivity contribution in [2.24, 2.45) is 0 Å². The average Bonchev–Trinajstić information content (AvgIpc) is 2.13. The largest absolute Gasteiger partial charge is 0.380 e. The Morgan fingerprint density at radius 2 is 2.00 bits per heavy atom. The van der Waals surface area contributed by atoms with Gasteiger partial charge in [0.1, 0.15) is 7.85 Å². The van der Waals surface area contributed by atoms with Gasteiger partial charge in [-0.15, -0.1) is 0 Å². The molecule has 0 spiro atoms. The molecule has 1 rings (SSSR count). The number of rotatable bonds is 4. The van der Waals surface area contributed by atoms with Crippen LogP contribution in [0.4, 0.5) is 0 Å². The zero-order chi connectivity index (χ0) is 11.4. The van der Waals surface area contributed by atoms with Crippen LogP contribution in [-0.4, -0.2) is 56.7 Å². The second-order valence-corrected chi connectivity index (χ2v) is 4.73. The van der Waals surface area contributed by atoms with Gasteiger partial charge in [-0.2, -0.15) is 0 Å². The Balaban J connectivity index is 2.37. The van der Waals surface area contributed by atoms with Gasteiger partial charge >= 0.3 is 0 Å². The van der Waals surface area contributed by atoms with Gasteiger partial charge in [0.25, 0.3) is 0 Å². The summed E-state index contributed by atoms with van der Waals surface area (Å²) in [6, 6.07) is 0.336. The van der Waals surface area contributed by atoms with Crippen molar-refractivity contribution in [1.82, 2.24) is 4.90 Å². The lowest BCUT2D eigenvalue weighted by atomic mass is 9.96. The van der Waals surface area contributed by atoms with E-state index in [1.807, 2.05) is 13.8 Å². The average molecular weight is 211 g/mol. The quantitative estimate of drug-likeness (QED) is 0.648. The van der Waals surface area contributed by atoms with Crippen LogP contribution in [0.5, 0.6) is 0 Å². The molecule has 0 saturated carbocycles. The van der Waals surface area contributed by atoms with Crippen molar-refractivity contribution in [2.45, 2.75) is 51.9 Å². The Morgan fingerprint density at radius 1 is 1.33 bits per heavy atom. The van der Waals surface area contributed by atoms with Crippen molar-refractivity contribution in [3.63, 3.8) is 0 Å². The fourth-order valence-corrected chi connectivity index (χ4v) is 1.71. The molecule has 2 unspecified atom stereocenters. The van der Waals surface area contributed by atoms with Crippen molar-refractivity contribution in [2.75, 3.05) is 19.7 Å². The van der Waals surface area contributed by atoms with Gasteiger partial charge in [0, 0.05) is 25.1 Å². The summed E-state index contributed by atoms with van der Waals surface area (Å²) in [5.41, 5.74) is 0. The van der Waals surface area contributed by atoms with Gasteiger partial charge in [-0.05, 0) is 27.7 Å². The van der Waals surface area contributed by atoms with Gasteiger partial charge in [0.05, 0.1) is 18.8 Å². The topological polar surface area (TPSA) is 21.7 Å². The fourth-order valence-electron chi connectivity index (χ4n) is 1.71. The summed E-state index contributed by atoms with van der Waals surface area (Å²) < 4.78 is 11.2. The third-order valence-electron chi connectivity index (χ3n) is 2.57. The standard InChI is InChI=1S/C11H22BNO2/c1-8(2)13-5-10(7-14-9(3)4)15-11(12)6-13/h8-11H,5-7H2,1-4H3. The van der Waals surface area contributed by atoms with Crippen LogP contribution in [0.2, 0.25) is 0 Å². The lowest BCUT2D eigenvalue weighted by Crippen LogP contribution is -2.51. The molecule has 1 fully saturated rings. The highest BCUT2D eigenvalue weighted by molar-refractivity contribution is 6.11. The molecule has 2 atom stereocenters. The predicted octanol–water partition coefficient (Wildman–Crippen LogP) is 1.02. The van der Waals surface area contributed by atoms with E-state index in [0.717, 1.165) is 13.1 Å². The molecular weight excluding hydrogens is 189 g/mol. The molecule has 0 aromatic carbocycles. The van der Waals surface area contributed by atoms with Crippen molar-refractivity contribution in [1.29, 1.82) is 0 Å².